The van der Waals surface area contributed by atoms with Gasteiger partial charge in [-0.2, -0.15) is 0 Å². The molecule has 1 aromatic heterocycles. The van der Waals surface area contributed by atoms with Gasteiger partial charge < -0.3 is 10.6 Å². The fraction of sp³-hybridized carbons (Fsp3) is 0.714. The molecule has 2 heterocycles. The van der Waals surface area contributed by atoms with E-state index in [1.807, 2.05) is 12.4 Å². The van der Waals surface area contributed by atoms with Crippen molar-refractivity contribution in [3.63, 3.8) is 0 Å². The first-order chi connectivity index (χ1) is 8.61. The van der Waals surface area contributed by atoms with Crippen LogP contribution in [0.15, 0.2) is 12.4 Å². The predicted octanol–water partition coefficient (Wildman–Crippen LogP) is 1.85. The molecular weight excluding hydrogens is 224 g/mol. The van der Waals surface area contributed by atoms with Crippen molar-refractivity contribution in [3.8, 4) is 0 Å². The predicted molar refractivity (Wildman–Crippen MR) is 74.5 cm³/mol. The first-order valence-corrected chi connectivity index (χ1v) is 6.89. The number of hydrogen-bond acceptors (Lipinski definition) is 4. The Morgan fingerprint density at radius 2 is 1.94 bits per heavy atom. The summed E-state index contributed by atoms with van der Waals surface area (Å²) in [6.07, 6.45) is 5.96. The average Bonchev–Trinajstić information content (AvgIpc) is 2.35. The maximum absolute atomic E-state index is 5.53. The van der Waals surface area contributed by atoms with E-state index in [2.05, 4.69) is 35.6 Å². The van der Waals surface area contributed by atoms with Crippen molar-refractivity contribution in [2.45, 2.75) is 39.7 Å². The first-order valence-electron chi connectivity index (χ1n) is 6.89. The van der Waals surface area contributed by atoms with Crippen molar-refractivity contribution < 1.29 is 0 Å². The topological polar surface area (TPSA) is 55.0 Å². The van der Waals surface area contributed by atoms with Gasteiger partial charge in [0.1, 0.15) is 0 Å². The molecule has 0 bridgehead atoms. The molecule has 0 saturated carbocycles. The minimum absolute atomic E-state index is 0.515. The van der Waals surface area contributed by atoms with Crippen LogP contribution in [0.5, 0.6) is 0 Å². The second kappa shape index (κ2) is 5.65. The van der Waals surface area contributed by atoms with Gasteiger partial charge in [-0.15, -0.1) is 0 Å². The normalized spacial score (nSPS) is 28.4. The van der Waals surface area contributed by atoms with Crippen LogP contribution in [-0.2, 0) is 6.42 Å². The molecule has 18 heavy (non-hydrogen) atoms. The van der Waals surface area contributed by atoms with Crippen LogP contribution in [0, 0.1) is 11.8 Å². The Hall–Kier alpha value is -1.16. The Kier molecular flexibility index (Phi) is 4.17. The van der Waals surface area contributed by atoms with Crippen LogP contribution in [-0.4, -0.2) is 29.1 Å². The highest BCUT2D eigenvalue weighted by Gasteiger charge is 2.30. The largest absolute Gasteiger partial charge is 0.338 e. The van der Waals surface area contributed by atoms with Crippen molar-refractivity contribution in [2.24, 2.45) is 17.6 Å². The van der Waals surface area contributed by atoms with Crippen LogP contribution in [0.25, 0.3) is 0 Å². The Balaban J connectivity index is 2.14. The van der Waals surface area contributed by atoms with Crippen LogP contribution in [0.3, 0.4) is 0 Å². The summed E-state index contributed by atoms with van der Waals surface area (Å²) in [6, 6.07) is 0.515. The highest BCUT2D eigenvalue weighted by molar-refractivity contribution is 5.33. The lowest BCUT2D eigenvalue weighted by atomic mass is 9.86. The van der Waals surface area contributed by atoms with Gasteiger partial charge in [-0.05, 0) is 43.7 Å². The van der Waals surface area contributed by atoms with E-state index in [0.29, 0.717) is 24.4 Å². The minimum atomic E-state index is 0.515. The standard InChI is InChI=1S/C14H24N4/c1-10-6-11(2)12(3)18(9-10)14-16-7-13(4-5-15)8-17-14/h7-8,10-12H,4-6,9,15H2,1-3H3. The smallest absolute Gasteiger partial charge is 0.225 e. The Bertz CT molecular complexity index is 376. The number of piperidine rings is 1. The molecule has 1 aromatic rings. The van der Waals surface area contributed by atoms with Gasteiger partial charge in [-0.1, -0.05) is 13.8 Å². The van der Waals surface area contributed by atoms with Gasteiger partial charge in [0.25, 0.3) is 0 Å². The lowest BCUT2D eigenvalue weighted by Crippen LogP contribution is -2.46. The zero-order chi connectivity index (χ0) is 13.1. The molecule has 100 valence electrons. The summed E-state index contributed by atoms with van der Waals surface area (Å²) in [6.45, 7) is 8.60. The SMILES string of the molecule is CC1CC(C)C(C)N(c2ncc(CCN)cn2)C1. The van der Waals surface area contributed by atoms with E-state index in [0.717, 1.165) is 24.5 Å². The molecule has 3 unspecified atom stereocenters. The third-order valence-corrected chi connectivity index (χ3v) is 3.98. The summed E-state index contributed by atoms with van der Waals surface area (Å²) in [5, 5.41) is 0. The highest BCUT2D eigenvalue weighted by atomic mass is 15.3. The lowest BCUT2D eigenvalue weighted by Gasteiger charge is -2.41. The first kappa shape index (κ1) is 13.3. The van der Waals surface area contributed by atoms with Crippen molar-refractivity contribution in [2.75, 3.05) is 18.0 Å². The quantitative estimate of drug-likeness (QED) is 0.887. The third-order valence-electron chi connectivity index (χ3n) is 3.98. The van der Waals surface area contributed by atoms with Crippen LogP contribution < -0.4 is 10.6 Å². The van der Waals surface area contributed by atoms with Gasteiger partial charge in [0.15, 0.2) is 0 Å². The van der Waals surface area contributed by atoms with Crippen molar-refractivity contribution >= 4 is 5.95 Å². The number of rotatable bonds is 3. The summed E-state index contributed by atoms with van der Waals surface area (Å²) in [7, 11) is 0. The van der Waals surface area contributed by atoms with E-state index < -0.39 is 0 Å². The summed E-state index contributed by atoms with van der Waals surface area (Å²) >= 11 is 0. The molecule has 4 nitrogen and oxygen atoms in total. The van der Waals surface area contributed by atoms with E-state index >= 15 is 0 Å². The van der Waals surface area contributed by atoms with Crippen molar-refractivity contribution in [1.82, 2.24) is 9.97 Å². The number of nitrogens with two attached hydrogens (primary N) is 1. The summed E-state index contributed by atoms with van der Waals surface area (Å²) in [5.74, 6) is 2.27. The molecule has 0 spiro atoms. The van der Waals surface area contributed by atoms with Crippen LogP contribution in [0.1, 0.15) is 32.8 Å². The third kappa shape index (κ3) is 2.80. The molecule has 1 saturated heterocycles. The molecule has 2 N–H and O–H groups in total. The maximum Gasteiger partial charge on any atom is 0.225 e. The van der Waals surface area contributed by atoms with Crippen LogP contribution in [0.2, 0.25) is 0 Å². The lowest BCUT2D eigenvalue weighted by molar-refractivity contribution is 0.294. The Labute approximate surface area is 110 Å². The fourth-order valence-corrected chi connectivity index (χ4v) is 2.77. The second-order valence-corrected chi connectivity index (χ2v) is 5.64. The Morgan fingerprint density at radius 3 is 2.56 bits per heavy atom. The zero-order valence-electron chi connectivity index (χ0n) is 11.6. The van der Waals surface area contributed by atoms with Gasteiger partial charge in [0.05, 0.1) is 0 Å². The average molecular weight is 248 g/mol. The second-order valence-electron chi connectivity index (χ2n) is 5.64. The van der Waals surface area contributed by atoms with Gasteiger partial charge >= 0.3 is 0 Å². The molecule has 1 aliphatic rings. The van der Waals surface area contributed by atoms with E-state index in [4.69, 9.17) is 5.73 Å². The van der Waals surface area contributed by atoms with E-state index in [1.165, 1.54) is 6.42 Å². The van der Waals surface area contributed by atoms with Crippen LogP contribution in [0.4, 0.5) is 5.95 Å². The number of nitrogens with zero attached hydrogens (tertiary/aromatic N) is 3. The molecule has 1 fully saturated rings. The number of hydrogen-bond donors (Lipinski definition) is 1. The molecule has 4 heteroatoms. The minimum Gasteiger partial charge on any atom is -0.338 e. The molecule has 3 atom stereocenters. The molecule has 0 amide bonds. The number of aromatic nitrogens is 2. The van der Waals surface area contributed by atoms with Gasteiger partial charge in [0, 0.05) is 25.0 Å². The molecule has 0 aliphatic carbocycles. The van der Waals surface area contributed by atoms with Crippen molar-refractivity contribution in [1.29, 1.82) is 0 Å². The highest BCUT2D eigenvalue weighted by Crippen LogP contribution is 2.29. The summed E-state index contributed by atoms with van der Waals surface area (Å²) in [4.78, 5) is 11.3. The molecule has 1 aliphatic heterocycles. The molecule has 2 rings (SSSR count). The van der Waals surface area contributed by atoms with Crippen molar-refractivity contribution in [3.05, 3.63) is 18.0 Å². The van der Waals surface area contributed by atoms with Crippen LogP contribution >= 0.6 is 0 Å². The maximum atomic E-state index is 5.53. The fourth-order valence-electron chi connectivity index (χ4n) is 2.77. The zero-order valence-corrected chi connectivity index (χ0v) is 11.6. The van der Waals surface area contributed by atoms with E-state index in [-0.39, 0.29) is 0 Å². The van der Waals surface area contributed by atoms with Gasteiger partial charge in [-0.25, -0.2) is 9.97 Å². The molecule has 0 aromatic carbocycles. The van der Waals surface area contributed by atoms with E-state index in [9.17, 15) is 0 Å². The van der Waals surface area contributed by atoms with Gasteiger partial charge in [-0.3, -0.25) is 0 Å². The summed E-state index contributed by atoms with van der Waals surface area (Å²) in [5.41, 5.74) is 6.65. The molecule has 0 radical (unpaired) electrons. The molecular formula is C14H24N4. The van der Waals surface area contributed by atoms with E-state index in [1.54, 1.807) is 0 Å². The monoisotopic (exact) mass is 248 g/mol. The van der Waals surface area contributed by atoms with Gasteiger partial charge in [0.2, 0.25) is 5.95 Å². The Morgan fingerprint density at radius 1 is 1.28 bits per heavy atom. The number of anilines is 1. The summed E-state index contributed by atoms with van der Waals surface area (Å²) < 4.78 is 0.